The number of aromatic nitrogens is 1. The molecule has 0 bridgehead atoms. The Morgan fingerprint density at radius 2 is 2.11 bits per heavy atom. The van der Waals surface area contributed by atoms with Crippen LogP contribution >= 0.6 is 0 Å². The minimum absolute atomic E-state index is 0.328. The maximum absolute atomic E-state index is 9.93. The van der Waals surface area contributed by atoms with Crippen LogP contribution in [-0.4, -0.2) is 16.2 Å². The highest BCUT2D eigenvalue weighted by molar-refractivity contribution is 5.04. The second kappa shape index (κ2) is 8.11. The van der Waals surface area contributed by atoms with Crippen molar-refractivity contribution in [2.75, 3.05) is 0 Å². The zero-order valence-electron chi connectivity index (χ0n) is 11.7. The Morgan fingerprint density at radius 3 is 2.84 bits per heavy atom. The lowest BCUT2D eigenvalue weighted by atomic mass is 9.87. The Balaban J connectivity index is 1.64. The summed E-state index contributed by atoms with van der Waals surface area (Å²) in [5, 5.41) is 9.93. The molecule has 0 amide bonds. The Morgan fingerprint density at radius 1 is 1.26 bits per heavy atom. The van der Waals surface area contributed by atoms with Crippen molar-refractivity contribution in [1.82, 2.24) is 4.98 Å². The van der Waals surface area contributed by atoms with E-state index in [1.54, 1.807) is 6.20 Å². The first kappa shape index (κ1) is 14.3. The quantitative estimate of drug-likeness (QED) is 0.786. The number of pyridine rings is 1. The van der Waals surface area contributed by atoms with E-state index in [1.807, 2.05) is 24.3 Å². The highest BCUT2D eigenvalue weighted by Gasteiger charge is 2.11. The van der Waals surface area contributed by atoms with Gasteiger partial charge in [-0.3, -0.25) is 4.98 Å². The van der Waals surface area contributed by atoms with E-state index in [0.717, 1.165) is 30.9 Å². The van der Waals surface area contributed by atoms with Gasteiger partial charge in [0.25, 0.3) is 0 Å². The molecule has 1 saturated carbocycles. The predicted molar refractivity (Wildman–Crippen MR) is 78.9 cm³/mol. The van der Waals surface area contributed by atoms with E-state index >= 15 is 0 Å². The van der Waals surface area contributed by atoms with E-state index in [9.17, 15) is 5.11 Å². The number of allylic oxidation sites excluding steroid dienone is 1. The molecule has 0 radical (unpaired) electrons. The fourth-order valence-corrected chi connectivity index (χ4v) is 2.79. The topological polar surface area (TPSA) is 33.1 Å². The molecule has 2 nitrogen and oxygen atoms in total. The van der Waals surface area contributed by atoms with Crippen LogP contribution < -0.4 is 0 Å². The van der Waals surface area contributed by atoms with Crippen molar-refractivity contribution in [3.63, 3.8) is 0 Å². The normalized spacial score (nSPS) is 18.8. The Hall–Kier alpha value is -1.15. The molecule has 19 heavy (non-hydrogen) atoms. The standard InChI is InChI=1S/C17H25NO/c19-17(13-12-16-10-4-5-14-18-16)11-6-9-15-7-2-1-3-8-15/h4-6,10-11,14-15,17,19H,1-3,7-9,12-13H2/t17-/m0/s1. The number of aliphatic hydroxyl groups is 1. The molecule has 1 aliphatic carbocycles. The third-order valence-corrected chi connectivity index (χ3v) is 3.97. The predicted octanol–water partition coefficient (Wildman–Crippen LogP) is 3.90. The molecule has 2 rings (SSSR count). The third kappa shape index (κ3) is 5.56. The summed E-state index contributed by atoms with van der Waals surface area (Å²) in [6, 6.07) is 5.93. The molecular weight excluding hydrogens is 234 g/mol. The van der Waals surface area contributed by atoms with E-state index in [2.05, 4.69) is 11.1 Å². The smallest absolute Gasteiger partial charge is 0.0724 e. The van der Waals surface area contributed by atoms with E-state index in [-0.39, 0.29) is 6.10 Å². The van der Waals surface area contributed by atoms with Crippen LogP contribution in [0, 0.1) is 5.92 Å². The van der Waals surface area contributed by atoms with Crippen LogP contribution in [0.4, 0.5) is 0 Å². The largest absolute Gasteiger partial charge is 0.389 e. The summed E-state index contributed by atoms with van der Waals surface area (Å²) in [7, 11) is 0. The molecule has 0 spiro atoms. The second-order valence-electron chi connectivity index (χ2n) is 5.59. The number of rotatable bonds is 6. The van der Waals surface area contributed by atoms with Crippen molar-refractivity contribution in [3.05, 3.63) is 42.2 Å². The van der Waals surface area contributed by atoms with Crippen molar-refractivity contribution in [2.45, 2.75) is 57.5 Å². The molecule has 1 atom stereocenters. The first-order chi connectivity index (χ1) is 9.34. The molecule has 0 aromatic carbocycles. The second-order valence-corrected chi connectivity index (χ2v) is 5.59. The SMILES string of the molecule is O[C@@H](C=CCC1CCCCC1)CCc1ccccn1. The van der Waals surface area contributed by atoms with Crippen LogP contribution in [0.1, 0.15) is 50.6 Å². The van der Waals surface area contributed by atoms with Crippen molar-refractivity contribution in [1.29, 1.82) is 0 Å². The van der Waals surface area contributed by atoms with Gasteiger partial charge in [-0.05, 0) is 37.3 Å². The van der Waals surface area contributed by atoms with Gasteiger partial charge in [-0.25, -0.2) is 0 Å². The molecule has 1 fully saturated rings. The molecule has 1 aliphatic rings. The summed E-state index contributed by atoms with van der Waals surface area (Å²) in [5.41, 5.74) is 1.06. The molecule has 0 aliphatic heterocycles. The van der Waals surface area contributed by atoms with Gasteiger partial charge in [-0.1, -0.05) is 50.3 Å². The Labute approximate surface area is 116 Å². The van der Waals surface area contributed by atoms with Gasteiger partial charge in [0.05, 0.1) is 6.10 Å². The van der Waals surface area contributed by atoms with Crippen LogP contribution in [0.5, 0.6) is 0 Å². The first-order valence-corrected chi connectivity index (χ1v) is 7.59. The fraction of sp³-hybridized carbons (Fsp3) is 0.588. The molecule has 1 heterocycles. The summed E-state index contributed by atoms with van der Waals surface area (Å²) in [5.74, 6) is 0.855. The number of aryl methyl sites for hydroxylation is 1. The number of aliphatic hydroxyl groups excluding tert-OH is 1. The van der Waals surface area contributed by atoms with Gasteiger partial charge in [-0.2, -0.15) is 0 Å². The van der Waals surface area contributed by atoms with Gasteiger partial charge in [0, 0.05) is 11.9 Å². The van der Waals surface area contributed by atoms with Crippen LogP contribution in [0.25, 0.3) is 0 Å². The van der Waals surface area contributed by atoms with E-state index < -0.39 is 0 Å². The zero-order chi connectivity index (χ0) is 13.3. The summed E-state index contributed by atoms with van der Waals surface area (Å²) in [4.78, 5) is 4.27. The van der Waals surface area contributed by atoms with Crippen LogP contribution in [0.3, 0.4) is 0 Å². The van der Waals surface area contributed by atoms with E-state index in [0.29, 0.717) is 0 Å². The average Bonchev–Trinajstić information content (AvgIpc) is 2.47. The number of nitrogens with zero attached hydrogens (tertiary/aromatic N) is 1. The summed E-state index contributed by atoms with van der Waals surface area (Å²) in [6.07, 6.45) is 15.3. The third-order valence-electron chi connectivity index (χ3n) is 3.97. The van der Waals surface area contributed by atoms with E-state index in [1.165, 1.54) is 32.1 Å². The van der Waals surface area contributed by atoms with Crippen LogP contribution in [0.2, 0.25) is 0 Å². The minimum Gasteiger partial charge on any atom is -0.389 e. The van der Waals surface area contributed by atoms with Crippen LogP contribution in [0.15, 0.2) is 36.5 Å². The van der Waals surface area contributed by atoms with Crippen molar-refractivity contribution in [3.8, 4) is 0 Å². The minimum atomic E-state index is -0.328. The summed E-state index contributed by atoms with van der Waals surface area (Å²) in [6.45, 7) is 0. The Kier molecular flexibility index (Phi) is 6.09. The fourth-order valence-electron chi connectivity index (χ4n) is 2.79. The monoisotopic (exact) mass is 259 g/mol. The van der Waals surface area contributed by atoms with Gasteiger partial charge < -0.3 is 5.11 Å². The molecule has 1 aromatic rings. The van der Waals surface area contributed by atoms with Crippen LogP contribution in [-0.2, 0) is 6.42 Å². The number of hydrogen-bond acceptors (Lipinski definition) is 2. The maximum atomic E-state index is 9.93. The first-order valence-electron chi connectivity index (χ1n) is 7.59. The van der Waals surface area contributed by atoms with Crippen molar-refractivity contribution >= 4 is 0 Å². The zero-order valence-corrected chi connectivity index (χ0v) is 11.7. The lowest BCUT2D eigenvalue weighted by Gasteiger charge is -2.19. The van der Waals surface area contributed by atoms with Gasteiger partial charge in [0.15, 0.2) is 0 Å². The molecule has 2 heteroatoms. The van der Waals surface area contributed by atoms with Crippen molar-refractivity contribution < 1.29 is 5.11 Å². The highest BCUT2D eigenvalue weighted by Crippen LogP contribution is 2.26. The molecule has 0 saturated heterocycles. The molecule has 0 unspecified atom stereocenters. The summed E-state index contributed by atoms with van der Waals surface area (Å²) >= 11 is 0. The maximum Gasteiger partial charge on any atom is 0.0724 e. The highest BCUT2D eigenvalue weighted by atomic mass is 16.3. The lowest BCUT2D eigenvalue weighted by molar-refractivity contribution is 0.212. The summed E-state index contributed by atoms with van der Waals surface area (Å²) < 4.78 is 0. The van der Waals surface area contributed by atoms with Gasteiger partial charge in [0.2, 0.25) is 0 Å². The average molecular weight is 259 g/mol. The number of hydrogen-bond donors (Lipinski definition) is 1. The van der Waals surface area contributed by atoms with Gasteiger partial charge in [-0.15, -0.1) is 0 Å². The molecule has 104 valence electrons. The van der Waals surface area contributed by atoms with Gasteiger partial charge >= 0.3 is 0 Å². The van der Waals surface area contributed by atoms with Gasteiger partial charge in [0.1, 0.15) is 0 Å². The lowest BCUT2D eigenvalue weighted by Crippen LogP contribution is -2.07. The Bertz CT molecular complexity index is 368. The molecular formula is C17H25NO. The van der Waals surface area contributed by atoms with E-state index in [4.69, 9.17) is 0 Å². The molecule has 1 N–H and O–H groups in total. The molecule has 1 aromatic heterocycles. The van der Waals surface area contributed by atoms with Crippen molar-refractivity contribution in [2.24, 2.45) is 5.92 Å².